The minimum Gasteiger partial charge on any atom is -0.0895 e. The normalized spacial score (nSPS) is 13.1. The van der Waals surface area contributed by atoms with Crippen LogP contribution in [-0.4, -0.2) is 0 Å². The Kier molecular flexibility index (Phi) is 2.59. The quantitative estimate of drug-likeness (QED) is 0.335. The fourth-order valence-corrected chi connectivity index (χ4v) is 4.46. The number of benzene rings is 4. The molecule has 104 valence electrons. The summed E-state index contributed by atoms with van der Waals surface area (Å²) in [4.78, 5) is 2.81. The summed E-state index contributed by atoms with van der Waals surface area (Å²) in [6.07, 6.45) is 1.04. The van der Waals surface area contributed by atoms with Crippen LogP contribution < -0.4 is 0 Å². The Hall–Kier alpha value is -2.25. The van der Waals surface area contributed by atoms with Gasteiger partial charge < -0.3 is 0 Å². The fourth-order valence-electron chi connectivity index (χ4n) is 3.32. The lowest BCUT2D eigenvalue weighted by Crippen LogP contribution is -1.99. The van der Waals surface area contributed by atoms with E-state index in [0.29, 0.717) is 0 Å². The highest BCUT2D eigenvalue weighted by Crippen LogP contribution is 2.42. The van der Waals surface area contributed by atoms with Crippen molar-refractivity contribution in [2.45, 2.75) is 16.2 Å². The van der Waals surface area contributed by atoms with Crippen LogP contribution >= 0.6 is 11.8 Å². The third-order valence-corrected chi connectivity index (χ3v) is 5.66. The summed E-state index contributed by atoms with van der Waals surface area (Å²) in [6.45, 7) is 0. The Balaban J connectivity index is 1.71. The molecule has 0 radical (unpaired) electrons. The lowest BCUT2D eigenvalue weighted by Gasteiger charge is -2.20. The molecule has 1 heterocycles. The van der Waals surface area contributed by atoms with Crippen LogP contribution in [0.5, 0.6) is 0 Å². The molecular formula is C21H14S. The molecular weight excluding hydrogens is 284 g/mol. The Morgan fingerprint density at radius 1 is 0.545 bits per heavy atom. The van der Waals surface area contributed by atoms with Gasteiger partial charge in [0.25, 0.3) is 0 Å². The van der Waals surface area contributed by atoms with Crippen LogP contribution in [0.15, 0.2) is 82.6 Å². The fraction of sp³-hybridized carbons (Fsp3) is 0.0476. The maximum absolute atomic E-state index is 2.36. The molecule has 0 bridgehead atoms. The van der Waals surface area contributed by atoms with E-state index in [0.717, 1.165) is 6.42 Å². The number of rotatable bonds is 0. The molecule has 0 unspecified atom stereocenters. The second-order valence-electron chi connectivity index (χ2n) is 5.89. The van der Waals surface area contributed by atoms with Gasteiger partial charge in [0.15, 0.2) is 0 Å². The molecule has 0 saturated heterocycles. The first-order valence-corrected chi connectivity index (χ1v) is 8.40. The monoisotopic (exact) mass is 298 g/mol. The average Bonchev–Trinajstić information content (AvgIpc) is 2.56. The molecule has 5 rings (SSSR count). The van der Waals surface area contributed by atoms with E-state index >= 15 is 0 Å². The summed E-state index contributed by atoms with van der Waals surface area (Å²) < 4.78 is 0. The van der Waals surface area contributed by atoms with Gasteiger partial charge in [0.1, 0.15) is 0 Å². The lowest BCUT2D eigenvalue weighted by atomic mass is 9.98. The Labute approximate surface area is 133 Å². The van der Waals surface area contributed by atoms with E-state index in [4.69, 9.17) is 0 Å². The van der Waals surface area contributed by atoms with Gasteiger partial charge in [-0.3, -0.25) is 0 Å². The van der Waals surface area contributed by atoms with Crippen molar-refractivity contribution >= 4 is 33.3 Å². The van der Waals surface area contributed by atoms with Crippen LogP contribution in [0.1, 0.15) is 11.1 Å². The Bertz CT molecular complexity index is 864. The molecule has 0 fully saturated rings. The molecule has 0 aromatic heterocycles. The third kappa shape index (κ3) is 1.86. The summed E-state index contributed by atoms with van der Waals surface area (Å²) in [5.74, 6) is 0. The van der Waals surface area contributed by atoms with Crippen LogP contribution in [0.4, 0.5) is 0 Å². The minimum atomic E-state index is 1.04. The third-order valence-electron chi connectivity index (χ3n) is 4.46. The van der Waals surface area contributed by atoms with E-state index < -0.39 is 0 Å². The molecule has 4 aromatic rings. The van der Waals surface area contributed by atoms with E-state index in [1.807, 2.05) is 11.8 Å². The molecule has 0 spiro atoms. The van der Waals surface area contributed by atoms with Crippen LogP contribution in [0.3, 0.4) is 0 Å². The molecule has 1 aliphatic rings. The van der Waals surface area contributed by atoms with Gasteiger partial charge in [-0.25, -0.2) is 0 Å². The van der Waals surface area contributed by atoms with E-state index in [1.165, 1.54) is 42.5 Å². The van der Waals surface area contributed by atoms with Crippen molar-refractivity contribution in [1.82, 2.24) is 0 Å². The first kappa shape index (κ1) is 12.3. The molecule has 0 atom stereocenters. The van der Waals surface area contributed by atoms with Gasteiger partial charge in [-0.05, 0) is 63.4 Å². The maximum Gasteiger partial charge on any atom is 0.0164 e. The van der Waals surface area contributed by atoms with Crippen LogP contribution in [0.2, 0.25) is 0 Å². The van der Waals surface area contributed by atoms with E-state index in [9.17, 15) is 0 Å². The number of hydrogen-bond donors (Lipinski definition) is 0. The molecule has 0 amide bonds. The summed E-state index contributed by atoms with van der Waals surface area (Å²) in [6, 6.07) is 26.7. The molecule has 1 aliphatic heterocycles. The zero-order chi connectivity index (χ0) is 14.5. The van der Waals surface area contributed by atoms with Gasteiger partial charge >= 0.3 is 0 Å². The van der Waals surface area contributed by atoms with Crippen LogP contribution in [-0.2, 0) is 6.42 Å². The van der Waals surface area contributed by atoms with Crippen LogP contribution in [0, 0.1) is 0 Å². The Morgan fingerprint density at radius 3 is 1.41 bits per heavy atom. The zero-order valence-electron chi connectivity index (χ0n) is 12.0. The van der Waals surface area contributed by atoms with Gasteiger partial charge in [0.2, 0.25) is 0 Å². The summed E-state index contributed by atoms with van der Waals surface area (Å²) in [7, 11) is 0. The van der Waals surface area contributed by atoms with Crippen LogP contribution in [0.25, 0.3) is 21.5 Å². The predicted molar refractivity (Wildman–Crippen MR) is 94.8 cm³/mol. The smallest absolute Gasteiger partial charge is 0.0164 e. The molecule has 0 saturated carbocycles. The van der Waals surface area contributed by atoms with E-state index in [1.54, 1.807) is 0 Å². The standard InChI is InChI=1S/C21H14S/c1-3-7-16-12-20-18(9-14(16)5-1)11-19-10-15-6-2-4-8-17(15)13-21(19)22-20/h1-10,12-13H,11H2. The Morgan fingerprint density at radius 2 is 0.955 bits per heavy atom. The second-order valence-corrected chi connectivity index (χ2v) is 6.98. The minimum absolute atomic E-state index is 1.04. The predicted octanol–water partition coefficient (Wildman–Crippen LogP) is 6.05. The average molecular weight is 298 g/mol. The summed E-state index contributed by atoms with van der Waals surface area (Å²) in [5, 5.41) is 5.34. The zero-order valence-corrected chi connectivity index (χ0v) is 12.9. The van der Waals surface area contributed by atoms with Gasteiger partial charge in [0, 0.05) is 9.79 Å². The molecule has 0 aliphatic carbocycles. The first-order valence-electron chi connectivity index (χ1n) is 7.58. The maximum atomic E-state index is 2.36. The first-order chi connectivity index (χ1) is 10.9. The summed E-state index contributed by atoms with van der Waals surface area (Å²) in [5.41, 5.74) is 2.90. The largest absolute Gasteiger partial charge is 0.0895 e. The molecule has 1 heteroatoms. The van der Waals surface area contributed by atoms with Crippen molar-refractivity contribution in [3.05, 3.63) is 83.9 Å². The van der Waals surface area contributed by atoms with Crippen molar-refractivity contribution < 1.29 is 0 Å². The van der Waals surface area contributed by atoms with E-state index in [2.05, 4.69) is 72.8 Å². The van der Waals surface area contributed by atoms with Gasteiger partial charge in [-0.15, -0.1) is 0 Å². The lowest BCUT2D eigenvalue weighted by molar-refractivity contribution is 1.07. The number of fused-ring (bicyclic) bond motifs is 4. The molecule has 22 heavy (non-hydrogen) atoms. The van der Waals surface area contributed by atoms with Gasteiger partial charge in [-0.1, -0.05) is 60.3 Å². The molecule has 0 nitrogen and oxygen atoms in total. The molecule has 4 aromatic carbocycles. The summed E-state index contributed by atoms with van der Waals surface area (Å²) >= 11 is 1.91. The van der Waals surface area contributed by atoms with Crippen molar-refractivity contribution in [3.8, 4) is 0 Å². The number of hydrogen-bond acceptors (Lipinski definition) is 1. The second kappa shape index (κ2) is 4.62. The van der Waals surface area contributed by atoms with Crippen molar-refractivity contribution in [1.29, 1.82) is 0 Å². The highest BCUT2D eigenvalue weighted by Gasteiger charge is 2.17. The SMILES string of the molecule is c1ccc2cc3c(cc2c1)Cc1cc2ccccc2cc1S3. The van der Waals surface area contributed by atoms with Gasteiger partial charge in [-0.2, -0.15) is 0 Å². The highest BCUT2D eigenvalue weighted by molar-refractivity contribution is 7.99. The van der Waals surface area contributed by atoms with Crippen molar-refractivity contribution in [2.75, 3.05) is 0 Å². The van der Waals surface area contributed by atoms with Gasteiger partial charge in [0.05, 0.1) is 0 Å². The topological polar surface area (TPSA) is 0 Å². The highest BCUT2D eigenvalue weighted by atomic mass is 32.2. The van der Waals surface area contributed by atoms with Crippen molar-refractivity contribution in [3.63, 3.8) is 0 Å². The van der Waals surface area contributed by atoms with E-state index in [-0.39, 0.29) is 0 Å². The van der Waals surface area contributed by atoms with Crippen molar-refractivity contribution in [2.24, 2.45) is 0 Å². The molecule has 0 N–H and O–H groups in total.